The van der Waals surface area contributed by atoms with Crippen molar-refractivity contribution in [2.24, 2.45) is 0 Å². The fraction of sp³-hybridized carbons (Fsp3) is 0.143. The lowest BCUT2D eigenvalue weighted by molar-refractivity contribution is 0.588. The Morgan fingerprint density at radius 1 is 1.46 bits per heavy atom. The lowest BCUT2D eigenvalue weighted by Gasteiger charge is -2.04. The number of sulfonamides is 1. The summed E-state index contributed by atoms with van der Waals surface area (Å²) in [5, 5.41) is 0.206. The Labute approximate surface area is 90.3 Å². The van der Waals surface area contributed by atoms with Gasteiger partial charge in [-0.25, -0.2) is 13.1 Å². The molecule has 1 aromatic rings. The van der Waals surface area contributed by atoms with Crippen molar-refractivity contribution < 1.29 is 8.42 Å². The molecule has 0 saturated carbocycles. The molecule has 72 valence electrons. The maximum Gasteiger partial charge on any atom is 0.241 e. The SMILES string of the molecule is CNS(=O)(=O)c1cc(Br)ccc1Cl. The molecule has 0 aliphatic heterocycles. The van der Waals surface area contributed by atoms with Gasteiger partial charge in [-0.15, -0.1) is 0 Å². The van der Waals surface area contributed by atoms with Crippen LogP contribution in [0.1, 0.15) is 0 Å². The molecule has 0 atom stereocenters. The summed E-state index contributed by atoms with van der Waals surface area (Å²) >= 11 is 8.89. The van der Waals surface area contributed by atoms with Gasteiger partial charge in [-0.3, -0.25) is 0 Å². The number of halogens is 2. The number of hydrogen-bond donors (Lipinski definition) is 1. The zero-order valence-corrected chi connectivity index (χ0v) is 9.87. The fourth-order valence-electron chi connectivity index (χ4n) is 0.793. The average molecular weight is 285 g/mol. The predicted octanol–water partition coefficient (Wildman–Crippen LogP) is 2.01. The third-order valence-corrected chi connectivity index (χ3v) is 3.84. The van der Waals surface area contributed by atoms with Crippen LogP contribution in [0.4, 0.5) is 0 Å². The van der Waals surface area contributed by atoms with E-state index in [0.29, 0.717) is 4.47 Å². The highest BCUT2D eigenvalue weighted by Crippen LogP contribution is 2.24. The van der Waals surface area contributed by atoms with Crippen LogP contribution in [0.5, 0.6) is 0 Å². The van der Waals surface area contributed by atoms with Gasteiger partial charge in [0.25, 0.3) is 0 Å². The van der Waals surface area contributed by atoms with Gasteiger partial charge < -0.3 is 0 Å². The topological polar surface area (TPSA) is 46.2 Å². The highest BCUT2D eigenvalue weighted by atomic mass is 79.9. The molecule has 0 saturated heterocycles. The van der Waals surface area contributed by atoms with Gasteiger partial charge in [-0.1, -0.05) is 27.5 Å². The summed E-state index contributed by atoms with van der Waals surface area (Å²) in [6.07, 6.45) is 0. The standard InChI is InChI=1S/C7H7BrClNO2S/c1-10-13(11,12)7-4-5(8)2-3-6(7)9/h2-4,10H,1H3. The van der Waals surface area contributed by atoms with E-state index in [-0.39, 0.29) is 9.92 Å². The molecule has 3 nitrogen and oxygen atoms in total. The minimum atomic E-state index is -3.46. The second-order valence-corrected chi connectivity index (χ2v) is 5.46. The largest absolute Gasteiger partial charge is 0.241 e. The summed E-state index contributed by atoms with van der Waals surface area (Å²) in [5.74, 6) is 0. The van der Waals surface area contributed by atoms with E-state index in [1.807, 2.05) is 0 Å². The van der Waals surface area contributed by atoms with E-state index in [0.717, 1.165) is 0 Å². The van der Waals surface area contributed by atoms with Crippen molar-refractivity contribution in [2.45, 2.75) is 4.90 Å². The van der Waals surface area contributed by atoms with Crippen molar-refractivity contribution in [1.82, 2.24) is 4.72 Å². The number of nitrogens with one attached hydrogen (secondary N) is 1. The van der Waals surface area contributed by atoms with Crippen LogP contribution < -0.4 is 4.72 Å². The smallest absolute Gasteiger partial charge is 0.214 e. The molecule has 0 radical (unpaired) electrons. The Morgan fingerprint density at radius 2 is 2.08 bits per heavy atom. The van der Waals surface area contributed by atoms with Crippen molar-refractivity contribution in [3.05, 3.63) is 27.7 Å². The predicted molar refractivity (Wildman–Crippen MR) is 55.4 cm³/mol. The quantitative estimate of drug-likeness (QED) is 0.903. The molecule has 0 aliphatic rings. The Kier molecular flexibility index (Phi) is 3.34. The van der Waals surface area contributed by atoms with Gasteiger partial charge in [0, 0.05) is 4.47 Å². The molecule has 0 amide bonds. The number of hydrogen-bond acceptors (Lipinski definition) is 2. The van der Waals surface area contributed by atoms with Crippen LogP contribution in [0.25, 0.3) is 0 Å². The highest BCUT2D eigenvalue weighted by molar-refractivity contribution is 9.10. The van der Waals surface area contributed by atoms with Crippen molar-refractivity contribution in [2.75, 3.05) is 7.05 Å². The Balaban J connectivity index is 3.38. The molecular formula is C7H7BrClNO2S. The van der Waals surface area contributed by atoms with E-state index >= 15 is 0 Å². The van der Waals surface area contributed by atoms with E-state index in [1.165, 1.54) is 19.2 Å². The summed E-state index contributed by atoms with van der Waals surface area (Å²) in [6.45, 7) is 0. The van der Waals surface area contributed by atoms with E-state index in [1.54, 1.807) is 6.07 Å². The van der Waals surface area contributed by atoms with E-state index < -0.39 is 10.0 Å². The third-order valence-electron chi connectivity index (χ3n) is 1.45. The van der Waals surface area contributed by atoms with Gasteiger partial charge in [-0.2, -0.15) is 0 Å². The minimum Gasteiger partial charge on any atom is -0.214 e. The molecule has 0 aliphatic carbocycles. The van der Waals surface area contributed by atoms with Crippen LogP contribution in [0.3, 0.4) is 0 Å². The van der Waals surface area contributed by atoms with Crippen LogP contribution in [-0.4, -0.2) is 15.5 Å². The van der Waals surface area contributed by atoms with Gasteiger partial charge in [0.2, 0.25) is 10.0 Å². The van der Waals surface area contributed by atoms with Gasteiger partial charge in [0.15, 0.2) is 0 Å². The Hall–Kier alpha value is -0.100. The maximum absolute atomic E-state index is 11.4. The van der Waals surface area contributed by atoms with E-state index in [9.17, 15) is 8.42 Å². The highest BCUT2D eigenvalue weighted by Gasteiger charge is 2.15. The average Bonchev–Trinajstić information content (AvgIpc) is 2.09. The molecule has 0 spiro atoms. The van der Waals surface area contributed by atoms with Gasteiger partial charge in [-0.05, 0) is 25.2 Å². The molecule has 6 heteroatoms. The molecule has 0 fully saturated rings. The van der Waals surface area contributed by atoms with Crippen molar-refractivity contribution >= 4 is 37.6 Å². The fourth-order valence-corrected chi connectivity index (χ4v) is 2.55. The van der Waals surface area contributed by atoms with Crippen LogP contribution >= 0.6 is 27.5 Å². The normalized spacial score (nSPS) is 11.6. The molecule has 1 aromatic carbocycles. The number of benzene rings is 1. The van der Waals surface area contributed by atoms with Crippen molar-refractivity contribution in [1.29, 1.82) is 0 Å². The molecule has 0 heterocycles. The van der Waals surface area contributed by atoms with E-state index in [2.05, 4.69) is 20.7 Å². The van der Waals surface area contributed by atoms with Gasteiger partial charge >= 0.3 is 0 Å². The monoisotopic (exact) mass is 283 g/mol. The second-order valence-electron chi connectivity index (χ2n) is 2.28. The molecule has 0 unspecified atom stereocenters. The Morgan fingerprint density at radius 3 is 2.62 bits per heavy atom. The second kappa shape index (κ2) is 3.96. The summed E-state index contributed by atoms with van der Waals surface area (Å²) in [4.78, 5) is 0.0750. The zero-order chi connectivity index (χ0) is 10.1. The van der Waals surface area contributed by atoms with Gasteiger partial charge in [0.05, 0.1) is 5.02 Å². The molecule has 0 bridgehead atoms. The molecule has 1 rings (SSSR count). The first-order chi connectivity index (χ1) is 5.97. The summed E-state index contributed by atoms with van der Waals surface area (Å²) in [6, 6.07) is 4.65. The van der Waals surface area contributed by atoms with E-state index in [4.69, 9.17) is 11.6 Å². The third kappa shape index (κ3) is 2.43. The molecule has 13 heavy (non-hydrogen) atoms. The van der Waals surface area contributed by atoms with Crippen molar-refractivity contribution in [3.8, 4) is 0 Å². The van der Waals surface area contributed by atoms with Gasteiger partial charge in [0.1, 0.15) is 4.90 Å². The summed E-state index contributed by atoms with van der Waals surface area (Å²) in [5.41, 5.74) is 0. The first kappa shape index (κ1) is 11.0. The summed E-state index contributed by atoms with van der Waals surface area (Å²) in [7, 11) is -2.12. The first-order valence-electron chi connectivity index (χ1n) is 3.36. The maximum atomic E-state index is 11.4. The van der Waals surface area contributed by atoms with Crippen LogP contribution in [-0.2, 0) is 10.0 Å². The van der Waals surface area contributed by atoms with Crippen molar-refractivity contribution in [3.63, 3.8) is 0 Å². The zero-order valence-electron chi connectivity index (χ0n) is 6.71. The molecule has 0 aromatic heterocycles. The van der Waals surface area contributed by atoms with Crippen LogP contribution in [0, 0.1) is 0 Å². The van der Waals surface area contributed by atoms with Crippen LogP contribution in [0.2, 0.25) is 5.02 Å². The number of rotatable bonds is 2. The lowest BCUT2D eigenvalue weighted by Crippen LogP contribution is -2.18. The molecule has 1 N–H and O–H groups in total. The first-order valence-corrected chi connectivity index (χ1v) is 6.01. The molecular weight excluding hydrogens is 278 g/mol. The minimum absolute atomic E-state index is 0.0750. The Bertz CT molecular complexity index is 419. The van der Waals surface area contributed by atoms with Crippen LogP contribution in [0.15, 0.2) is 27.6 Å². The summed E-state index contributed by atoms with van der Waals surface area (Å²) < 4.78 is 25.6. The lowest BCUT2D eigenvalue weighted by atomic mass is 10.4.